The van der Waals surface area contributed by atoms with E-state index < -0.39 is 5.97 Å². The number of nitrogens with zero attached hydrogens (tertiary/aromatic N) is 1. The van der Waals surface area contributed by atoms with Crippen molar-refractivity contribution < 1.29 is 9.90 Å². The van der Waals surface area contributed by atoms with Crippen molar-refractivity contribution in [2.75, 3.05) is 6.54 Å². The van der Waals surface area contributed by atoms with Gasteiger partial charge in [-0.2, -0.15) is 11.8 Å². The molecule has 1 aromatic heterocycles. The molecule has 5 heteroatoms. The summed E-state index contributed by atoms with van der Waals surface area (Å²) in [7, 11) is 0. The van der Waals surface area contributed by atoms with E-state index in [1.807, 2.05) is 18.2 Å². The molecular weight excluding hydrogens is 224 g/mol. The summed E-state index contributed by atoms with van der Waals surface area (Å²) in [4.78, 5) is 15.0. The van der Waals surface area contributed by atoms with Crippen molar-refractivity contribution in [2.45, 2.75) is 23.5 Å². The Balaban J connectivity index is 1.78. The summed E-state index contributed by atoms with van der Waals surface area (Å²) in [6.07, 6.45) is 2.48. The van der Waals surface area contributed by atoms with Gasteiger partial charge in [0.25, 0.3) is 0 Å². The highest BCUT2D eigenvalue weighted by atomic mass is 32.2. The zero-order valence-corrected chi connectivity index (χ0v) is 9.61. The highest BCUT2D eigenvalue weighted by Gasteiger charge is 2.29. The monoisotopic (exact) mass is 238 g/mol. The van der Waals surface area contributed by atoms with Crippen LogP contribution in [0.1, 0.15) is 12.1 Å². The van der Waals surface area contributed by atoms with Crippen LogP contribution in [0.15, 0.2) is 24.4 Å². The molecule has 4 nitrogen and oxygen atoms in total. The number of nitrogens with one attached hydrogen (secondary N) is 1. The van der Waals surface area contributed by atoms with E-state index in [0.29, 0.717) is 11.7 Å². The number of carbonyl (C=O) groups is 1. The van der Waals surface area contributed by atoms with Gasteiger partial charge in [-0.25, -0.2) is 0 Å². The van der Waals surface area contributed by atoms with E-state index in [4.69, 9.17) is 5.11 Å². The first-order valence-electron chi connectivity index (χ1n) is 5.23. The molecule has 0 bridgehead atoms. The second-order valence-corrected chi connectivity index (χ2v) is 5.08. The van der Waals surface area contributed by atoms with Crippen LogP contribution in [0.3, 0.4) is 0 Å². The lowest BCUT2D eigenvalue weighted by Gasteiger charge is -2.07. The number of hydrogen-bond donors (Lipinski definition) is 2. The fourth-order valence-electron chi connectivity index (χ4n) is 1.71. The summed E-state index contributed by atoms with van der Waals surface area (Å²) in [5, 5.41) is 12.2. The van der Waals surface area contributed by atoms with E-state index >= 15 is 0 Å². The summed E-state index contributed by atoms with van der Waals surface area (Å²) < 4.78 is 0. The van der Waals surface area contributed by atoms with Crippen LogP contribution in [-0.2, 0) is 10.5 Å². The Morgan fingerprint density at radius 1 is 1.62 bits per heavy atom. The summed E-state index contributed by atoms with van der Waals surface area (Å²) in [6.45, 7) is 0.772. The van der Waals surface area contributed by atoms with Gasteiger partial charge >= 0.3 is 5.97 Å². The van der Waals surface area contributed by atoms with Crippen LogP contribution >= 0.6 is 11.8 Å². The first-order valence-corrected chi connectivity index (χ1v) is 6.28. The Kier molecular flexibility index (Phi) is 3.79. The molecule has 1 aliphatic heterocycles. The van der Waals surface area contributed by atoms with Crippen molar-refractivity contribution in [3.63, 3.8) is 0 Å². The van der Waals surface area contributed by atoms with Crippen molar-refractivity contribution >= 4 is 17.7 Å². The Hall–Kier alpha value is -1.07. The van der Waals surface area contributed by atoms with Crippen molar-refractivity contribution in [2.24, 2.45) is 0 Å². The maximum Gasteiger partial charge on any atom is 0.320 e. The summed E-state index contributed by atoms with van der Waals surface area (Å²) in [5.41, 5.74) is 1.05. The molecule has 1 saturated heterocycles. The number of thioether (sulfide) groups is 1. The van der Waals surface area contributed by atoms with Crippen molar-refractivity contribution in [1.29, 1.82) is 0 Å². The maximum atomic E-state index is 10.7. The molecule has 16 heavy (non-hydrogen) atoms. The number of carboxylic acids is 1. The average Bonchev–Trinajstić information content (AvgIpc) is 2.76. The molecule has 2 atom stereocenters. The molecule has 1 aliphatic rings. The number of aromatic nitrogens is 1. The van der Waals surface area contributed by atoms with Crippen LogP contribution in [-0.4, -0.2) is 33.9 Å². The maximum absolute atomic E-state index is 10.7. The second-order valence-electron chi connectivity index (χ2n) is 3.79. The number of hydrogen-bond acceptors (Lipinski definition) is 4. The van der Waals surface area contributed by atoms with Gasteiger partial charge in [0.2, 0.25) is 0 Å². The third-order valence-corrected chi connectivity index (χ3v) is 3.87. The Bertz CT molecular complexity index is 358. The molecule has 2 unspecified atom stereocenters. The zero-order chi connectivity index (χ0) is 11.4. The molecule has 0 spiro atoms. The van der Waals surface area contributed by atoms with E-state index in [0.717, 1.165) is 18.0 Å². The van der Waals surface area contributed by atoms with Gasteiger partial charge in [-0.1, -0.05) is 6.07 Å². The smallest absolute Gasteiger partial charge is 0.320 e. The van der Waals surface area contributed by atoms with E-state index in [9.17, 15) is 4.79 Å². The average molecular weight is 238 g/mol. The number of pyridine rings is 1. The molecule has 2 rings (SSSR count). The van der Waals surface area contributed by atoms with Crippen LogP contribution in [0.5, 0.6) is 0 Å². The Labute approximate surface area is 98.5 Å². The SMILES string of the molecule is O=C(O)C1CC(SCc2ccccn2)CN1. The summed E-state index contributed by atoms with van der Waals surface area (Å²) in [6, 6.07) is 5.48. The lowest BCUT2D eigenvalue weighted by atomic mass is 10.2. The van der Waals surface area contributed by atoms with E-state index in [1.54, 1.807) is 18.0 Å². The van der Waals surface area contributed by atoms with E-state index in [1.165, 1.54) is 0 Å². The molecule has 2 N–H and O–H groups in total. The van der Waals surface area contributed by atoms with Crippen molar-refractivity contribution in [3.8, 4) is 0 Å². The number of rotatable bonds is 4. The predicted molar refractivity (Wildman–Crippen MR) is 63.4 cm³/mol. The van der Waals surface area contributed by atoms with E-state index in [2.05, 4.69) is 10.3 Å². The quantitative estimate of drug-likeness (QED) is 0.823. The molecule has 0 aromatic carbocycles. The topological polar surface area (TPSA) is 62.2 Å². The van der Waals surface area contributed by atoms with Crippen LogP contribution in [0.25, 0.3) is 0 Å². The van der Waals surface area contributed by atoms with Gasteiger partial charge in [0.1, 0.15) is 6.04 Å². The fourth-order valence-corrected chi connectivity index (χ4v) is 2.82. The third-order valence-electron chi connectivity index (χ3n) is 2.58. The Morgan fingerprint density at radius 2 is 2.50 bits per heavy atom. The highest BCUT2D eigenvalue weighted by Crippen LogP contribution is 2.24. The molecule has 0 radical (unpaired) electrons. The first kappa shape index (κ1) is 11.4. The van der Waals surface area contributed by atoms with Crippen molar-refractivity contribution in [3.05, 3.63) is 30.1 Å². The predicted octanol–water partition coefficient (Wildman–Crippen LogP) is 1.13. The summed E-state index contributed by atoms with van der Waals surface area (Å²) in [5.74, 6) is 0.0976. The molecule has 1 fully saturated rings. The lowest BCUT2D eigenvalue weighted by molar-refractivity contribution is -0.139. The fraction of sp³-hybridized carbons (Fsp3) is 0.455. The van der Waals surface area contributed by atoms with Crippen LogP contribution in [0.4, 0.5) is 0 Å². The van der Waals surface area contributed by atoms with E-state index in [-0.39, 0.29) is 6.04 Å². The lowest BCUT2D eigenvalue weighted by Crippen LogP contribution is -2.29. The van der Waals surface area contributed by atoms with Crippen LogP contribution in [0.2, 0.25) is 0 Å². The molecular formula is C11H14N2O2S. The van der Waals surface area contributed by atoms with Crippen LogP contribution in [0, 0.1) is 0 Å². The number of aliphatic carboxylic acids is 1. The van der Waals surface area contributed by atoms with Gasteiger partial charge in [-0.15, -0.1) is 0 Å². The standard InChI is InChI=1S/C11H14N2O2S/c14-11(15)10-5-9(6-13-10)16-7-8-3-1-2-4-12-8/h1-4,9-10,13H,5-7H2,(H,14,15). The number of carboxylic acid groups (broad SMARTS) is 1. The first-order chi connectivity index (χ1) is 7.75. The van der Waals surface area contributed by atoms with Gasteiger partial charge < -0.3 is 10.4 Å². The molecule has 1 aromatic rings. The molecule has 0 saturated carbocycles. The third kappa shape index (κ3) is 2.96. The minimum absolute atomic E-state index is 0.374. The summed E-state index contributed by atoms with van der Waals surface area (Å²) >= 11 is 1.77. The van der Waals surface area contributed by atoms with Gasteiger partial charge in [0.05, 0.1) is 5.69 Å². The van der Waals surface area contributed by atoms with Gasteiger partial charge in [0, 0.05) is 23.7 Å². The Morgan fingerprint density at radius 3 is 3.12 bits per heavy atom. The molecule has 0 aliphatic carbocycles. The zero-order valence-electron chi connectivity index (χ0n) is 8.80. The minimum Gasteiger partial charge on any atom is -0.480 e. The molecule has 2 heterocycles. The molecule has 86 valence electrons. The van der Waals surface area contributed by atoms with Crippen LogP contribution < -0.4 is 5.32 Å². The minimum atomic E-state index is -0.749. The normalized spacial score (nSPS) is 24.5. The molecule has 0 amide bonds. The van der Waals surface area contributed by atoms with Crippen molar-refractivity contribution in [1.82, 2.24) is 10.3 Å². The largest absolute Gasteiger partial charge is 0.480 e. The van der Waals surface area contributed by atoms with Gasteiger partial charge in [0.15, 0.2) is 0 Å². The highest BCUT2D eigenvalue weighted by molar-refractivity contribution is 7.99. The van der Waals surface area contributed by atoms with Gasteiger partial charge in [-0.3, -0.25) is 9.78 Å². The van der Waals surface area contributed by atoms with Gasteiger partial charge in [-0.05, 0) is 18.6 Å². The second kappa shape index (κ2) is 5.32.